The molecule has 0 saturated carbocycles. The van der Waals surface area contributed by atoms with Crippen LogP contribution in [0.5, 0.6) is 0 Å². The van der Waals surface area contributed by atoms with E-state index in [0.717, 1.165) is 22.1 Å². The molecule has 2 N–H and O–H groups in total. The van der Waals surface area contributed by atoms with E-state index in [1.54, 1.807) is 18.2 Å². The van der Waals surface area contributed by atoms with E-state index >= 15 is 0 Å². The first-order valence-corrected chi connectivity index (χ1v) is 10.5. The lowest BCUT2D eigenvalue weighted by atomic mass is 9.99. The summed E-state index contributed by atoms with van der Waals surface area (Å²) < 4.78 is 20.7. The van der Waals surface area contributed by atoms with Crippen molar-refractivity contribution in [3.05, 3.63) is 95.3 Å². The van der Waals surface area contributed by atoms with Gasteiger partial charge in [0.2, 0.25) is 0 Å². The molecule has 0 radical (unpaired) electrons. The molecule has 5 rings (SSSR count). The van der Waals surface area contributed by atoms with Crippen LogP contribution in [0.2, 0.25) is 0 Å². The molecule has 1 aliphatic heterocycles. The molecular formula is C26H22FNO4. The number of rotatable bonds is 6. The Morgan fingerprint density at radius 3 is 2.53 bits per heavy atom. The highest BCUT2D eigenvalue weighted by molar-refractivity contribution is 5.83. The maximum atomic E-state index is 14.9. The Labute approximate surface area is 184 Å². The van der Waals surface area contributed by atoms with E-state index in [1.165, 1.54) is 6.07 Å². The highest BCUT2D eigenvalue weighted by Gasteiger charge is 2.32. The number of hydrogen-bond acceptors (Lipinski definition) is 4. The lowest BCUT2D eigenvalue weighted by Crippen LogP contribution is -2.49. The van der Waals surface area contributed by atoms with Gasteiger partial charge in [-0.15, -0.1) is 0 Å². The number of furan rings is 1. The molecular weight excluding hydrogens is 409 g/mol. The molecule has 5 nitrogen and oxygen atoms in total. The molecule has 1 atom stereocenters. The average molecular weight is 431 g/mol. The van der Waals surface area contributed by atoms with Crippen LogP contribution in [0.4, 0.5) is 4.39 Å². The monoisotopic (exact) mass is 431 g/mol. The van der Waals surface area contributed by atoms with Crippen LogP contribution >= 0.6 is 0 Å². The van der Waals surface area contributed by atoms with E-state index in [0.29, 0.717) is 36.5 Å². The highest BCUT2D eigenvalue weighted by atomic mass is 19.1. The number of likely N-dealkylation sites (tertiary alicyclic amines) is 1. The van der Waals surface area contributed by atoms with Gasteiger partial charge in [0.05, 0.1) is 11.5 Å². The molecule has 1 unspecified atom stereocenters. The first-order valence-electron chi connectivity index (χ1n) is 10.5. The third kappa shape index (κ3) is 3.90. The third-order valence-corrected chi connectivity index (χ3v) is 5.98. The molecule has 6 heteroatoms. The molecule has 1 aromatic heterocycles. The quantitative estimate of drug-likeness (QED) is 0.457. The molecule has 4 aromatic rings. The predicted molar refractivity (Wildman–Crippen MR) is 119 cm³/mol. The fraction of sp³-hybridized carbons (Fsp3) is 0.192. The molecule has 0 amide bonds. The van der Waals surface area contributed by atoms with Crippen molar-refractivity contribution in [1.82, 2.24) is 4.90 Å². The summed E-state index contributed by atoms with van der Waals surface area (Å²) in [5.74, 6) is -1.08. The second-order valence-electron chi connectivity index (χ2n) is 8.26. The van der Waals surface area contributed by atoms with Crippen LogP contribution < -0.4 is 0 Å². The van der Waals surface area contributed by atoms with Crippen molar-refractivity contribution in [1.29, 1.82) is 0 Å². The zero-order valence-electron chi connectivity index (χ0n) is 17.2. The summed E-state index contributed by atoms with van der Waals surface area (Å²) in [7, 11) is 0. The van der Waals surface area contributed by atoms with Crippen molar-refractivity contribution < 1.29 is 23.8 Å². The first kappa shape index (κ1) is 20.4. The van der Waals surface area contributed by atoms with Crippen molar-refractivity contribution in [2.75, 3.05) is 13.1 Å². The number of halogens is 1. The molecule has 32 heavy (non-hydrogen) atoms. The Bertz CT molecular complexity index is 1280. The second kappa shape index (κ2) is 8.22. The minimum absolute atomic E-state index is 0.333. The molecule has 0 aliphatic carbocycles. The lowest BCUT2D eigenvalue weighted by Gasteiger charge is -2.36. The number of benzene rings is 3. The minimum atomic E-state index is -0.785. The van der Waals surface area contributed by atoms with Gasteiger partial charge in [0, 0.05) is 25.0 Å². The molecule has 1 saturated heterocycles. The van der Waals surface area contributed by atoms with Crippen LogP contribution in [0.15, 0.2) is 77.2 Å². The summed E-state index contributed by atoms with van der Waals surface area (Å²) in [6.07, 6.45) is -0.753. The fourth-order valence-electron chi connectivity index (χ4n) is 4.16. The van der Waals surface area contributed by atoms with Crippen LogP contribution in [0, 0.1) is 11.7 Å². The number of aliphatic carboxylic acids is 1. The van der Waals surface area contributed by atoms with Crippen LogP contribution in [0.25, 0.3) is 22.3 Å². The number of fused-ring (bicyclic) bond motifs is 1. The topological polar surface area (TPSA) is 73.9 Å². The summed E-state index contributed by atoms with van der Waals surface area (Å²) in [4.78, 5) is 12.9. The average Bonchev–Trinajstić information content (AvgIpc) is 3.18. The van der Waals surface area contributed by atoms with Gasteiger partial charge < -0.3 is 14.6 Å². The van der Waals surface area contributed by atoms with Crippen molar-refractivity contribution >= 4 is 16.9 Å². The van der Waals surface area contributed by atoms with Gasteiger partial charge in [-0.3, -0.25) is 9.69 Å². The summed E-state index contributed by atoms with van der Waals surface area (Å²) in [5, 5.41) is 20.4. The predicted octanol–water partition coefficient (Wildman–Crippen LogP) is 4.84. The standard InChI is InChI=1S/C26H22FNO4/c27-22-10-16(13-28-14-20(15-28)26(30)31)6-8-21(22)24-12-19-11-18(7-9-23(19)32-24)25(29)17-4-2-1-3-5-17/h1-12,20,25,29H,13-15H2,(H,30,31). The summed E-state index contributed by atoms with van der Waals surface area (Å²) in [5.41, 5.74) is 3.31. The Kier molecular flexibility index (Phi) is 5.25. The van der Waals surface area contributed by atoms with Crippen LogP contribution in [-0.4, -0.2) is 34.2 Å². The van der Waals surface area contributed by atoms with E-state index in [1.807, 2.05) is 53.4 Å². The van der Waals surface area contributed by atoms with Crippen molar-refractivity contribution in [3.63, 3.8) is 0 Å². The van der Waals surface area contributed by atoms with Crippen LogP contribution in [0.1, 0.15) is 22.8 Å². The molecule has 1 aliphatic rings. The lowest BCUT2D eigenvalue weighted by molar-refractivity contribution is -0.147. The summed E-state index contributed by atoms with van der Waals surface area (Å²) in [6.45, 7) is 1.49. The normalized spacial score (nSPS) is 15.6. The zero-order chi connectivity index (χ0) is 22.2. The van der Waals surface area contributed by atoms with Gasteiger partial charge in [-0.25, -0.2) is 4.39 Å². The van der Waals surface area contributed by atoms with Gasteiger partial charge in [0.25, 0.3) is 0 Å². The van der Waals surface area contributed by atoms with Gasteiger partial charge >= 0.3 is 5.97 Å². The summed E-state index contributed by atoms with van der Waals surface area (Å²) >= 11 is 0. The van der Waals surface area contributed by atoms with Crippen molar-refractivity contribution in [2.24, 2.45) is 5.92 Å². The number of nitrogens with zero attached hydrogens (tertiary/aromatic N) is 1. The van der Waals surface area contributed by atoms with E-state index in [4.69, 9.17) is 9.52 Å². The Morgan fingerprint density at radius 1 is 1.03 bits per heavy atom. The van der Waals surface area contributed by atoms with Gasteiger partial charge in [0.15, 0.2) is 0 Å². The molecule has 2 heterocycles. The smallest absolute Gasteiger partial charge is 0.309 e. The first-order chi connectivity index (χ1) is 15.5. The van der Waals surface area contributed by atoms with Gasteiger partial charge in [-0.05, 0) is 47.0 Å². The zero-order valence-corrected chi connectivity index (χ0v) is 17.2. The number of carbonyl (C=O) groups is 1. The molecule has 3 aromatic carbocycles. The fourth-order valence-corrected chi connectivity index (χ4v) is 4.16. The SMILES string of the molecule is O=C(O)C1CN(Cc2ccc(-c3cc4cc(C(O)c5ccccc5)ccc4o3)c(F)c2)C1. The Morgan fingerprint density at radius 2 is 1.81 bits per heavy atom. The Balaban J connectivity index is 1.36. The summed E-state index contributed by atoms with van der Waals surface area (Å²) in [6, 6.07) is 21.6. The molecule has 1 fully saturated rings. The van der Waals surface area contributed by atoms with Crippen LogP contribution in [0.3, 0.4) is 0 Å². The maximum Gasteiger partial charge on any atom is 0.309 e. The highest BCUT2D eigenvalue weighted by Crippen LogP contribution is 2.33. The number of hydrogen-bond donors (Lipinski definition) is 2. The van der Waals surface area contributed by atoms with E-state index in [2.05, 4.69) is 0 Å². The number of carboxylic acids is 1. The number of aliphatic hydroxyl groups is 1. The van der Waals surface area contributed by atoms with E-state index < -0.39 is 12.1 Å². The van der Waals surface area contributed by atoms with Gasteiger partial charge in [-0.2, -0.15) is 0 Å². The number of aliphatic hydroxyl groups excluding tert-OH is 1. The second-order valence-corrected chi connectivity index (χ2v) is 8.26. The maximum absolute atomic E-state index is 14.9. The van der Waals surface area contributed by atoms with Crippen molar-refractivity contribution in [2.45, 2.75) is 12.6 Å². The molecule has 162 valence electrons. The van der Waals surface area contributed by atoms with E-state index in [-0.39, 0.29) is 11.7 Å². The Hall–Kier alpha value is -3.48. The molecule has 0 bridgehead atoms. The largest absolute Gasteiger partial charge is 0.481 e. The van der Waals surface area contributed by atoms with Crippen LogP contribution in [-0.2, 0) is 11.3 Å². The minimum Gasteiger partial charge on any atom is -0.481 e. The van der Waals surface area contributed by atoms with E-state index in [9.17, 15) is 14.3 Å². The van der Waals surface area contributed by atoms with Gasteiger partial charge in [-0.1, -0.05) is 42.5 Å². The molecule has 0 spiro atoms. The number of carboxylic acid groups (broad SMARTS) is 1. The van der Waals surface area contributed by atoms with Crippen molar-refractivity contribution in [3.8, 4) is 11.3 Å². The van der Waals surface area contributed by atoms with Gasteiger partial charge in [0.1, 0.15) is 23.3 Å². The third-order valence-electron chi connectivity index (χ3n) is 5.98.